The molecule has 2 aromatic rings. The van der Waals surface area contributed by atoms with E-state index in [0.717, 1.165) is 0 Å². The largest absolute Gasteiger partial charge is 0.612 e. The first kappa shape index (κ1) is 16.5. The van der Waals surface area contributed by atoms with Crippen molar-refractivity contribution in [2.75, 3.05) is 0 Å². The van der Waals surface area contributed by atoms with Crippen molar-refractivity contribution in [3.8, 4) is 0 Å². The molecule has 0 bridgehead atoms. The first-order chi connectivity index (χ1) is 7.86. The maximum absolute atomic E-state index is 10.0. The van der Waals surface area contributed by atoms with E-state index in [2.05, 4.69) is 9.97 Å². The number of aromatic nitrogens is 2. The van der Waals surface area contributed by atoms with Crippen LogP contribution in [0.5, 0.6) is 0 Å². The summed E-state index contributed by atoms with van der Waals surface area (Å²) in [5.74, 6) is 0. The molecule has 0 amide bonds. The molecule has 0 aliphatic carbocycles. The van der Waals surface area contributed by atoms with Gasteiger partial charge in [0, 0.05) is 44.0 Å². The summed E-state index contributed by atoms with van der Waals surface area (Å²) in [4.78, 5) is 7.54. The average molecular weight is 320 g/mol. The molecule has 4 nitrogen and oxygen atoms in total. The maximum atomic E-state index is 10.0. The zero-order valence-electron chi connectivity index (χ0n) is 8.93. The molecule has 0 radical (unpaired) electrons. The van der Waals surface area contributed by atoms with Crippen LogP contribution in [-0.4, -0.2) is 19.1 Å². The Kier molecular flexibility index (Phi) is 10.4. The first-order valence-electron chi connectivity index (χ1n) is 4.35. The Balaban J connectivity index is 0.000000284. The third kappa shape index (κ3) is 7.46. The Labute approximate surface area is 121 Å². The third-order valence-electron chi connectivity index (χ3n) is 1.49. The second-order valence-electron chi connectivity index (χ2n) is 2.56. The van der Waals surface area contributed by atoms with E-state index < -0.39 is 0 Å². The Morgan fingerprint density at radius 1 is 0.765 bits per heavy atom. The van der Waals surface area contributed by atoms with Gasteiger partial charge in [-0.1, -0.05) is 12.1 Å². The van der Waals surface area contributed by atoms with Gasteiger partial charge in [-0.25, -0.2) is 9.97 Å². The minimum atomic E-state index is -0.0117. The van der Waals surface area contributed by atoms with Crippen molar-refractivity contribution in [3.05, 3.63) is 48.8 Å². The van der Waals surface area contributed by atoms with Gasteiger partial charge in [0.2, 0.25) is 10.1 Å². The van der Waals surface area contributed by atoms with Gasteiger partial charge < -0.3 is 9.11 Å². The number of hydrogen-bond acceptors (Lipinski definition) is 4. The van der Waals surface area contributed by atoms with Gasteiger partial charge in [-0.2, -0.15) is 0 Å². The minimum Gasteiger partial charge on any atom is -0.612 e. The van der Waals surface area contributed by atoms with Gasteiger partial charge in [0.25, 0.3) is 0 Å². The molecule has 0 N–H and O–H groups in total. The molecular formula is C10H10N2O2S2Zn. The van der Waals surface area contributed by atoms with Gasteiger partial charge in [0.15, 0.2) is 0 Å². The minimum absolute atomic E-state index is 0. The molecule has 7 heteroatoms. The Morgan fingerprint density at radius 2 is 1.18 bits per heavy atom. The van der Waals surface area contributed by atoms with Crippen LogP contribution in [0.4, 0.5) is 0 Å². The molecule has 17 heavy (non-hydrogen) atoms. The molecule has 2 heterocycles. The van der Waals surface area contributed by atoms with Crippen LogP contribution in [0.25, 0.3) is 0 Å². The van der Waals surface area contributed by atoms with Gasteiger partial charge in [-0.15, -0.1) is 0 Å². The van der Waals surface area contributed by atoms with E-state index in [9.17, 15) is 9.11 Å². The molecule has 2 aromatic heterocycles. The number of hydrogen-bond donors (Lipinski definition) is 0. The van der Waals surface area contributed by atoms with E-state index in [4.69, 9.17) is 0 Å². The summed E-state index contributed by atoms with van der Waals surface area (Å²) in [7, 11) is 0. The predicted molar refractivity (Wildman–Crippen MR) is 64.1 cm³/mol. The van der Waals surface area contributed by atoms with Crippen molar-refractivity contribution in [1.29, 1.82) is 0 Å². The zero-order chi connectivity index (χ0) is 11.6. The maximum Gasteiger partial charge on any atom is 0.242 e. The topological polar surface area (TPSA) is 71.9 Å². The number of thiol groups is 2. The molecular weight excluding hydrogens is 310 g/mol. The SMILES string of the molecule is [O-][SH+]c1ccccn1.[O-][SH+]c1ccccn1.[Zn]. The Morgan fingerprint density at radius 3 is 1.35 bits per heavy atom. The van der Waals surface area contributed by atoms with Gasteiger partial charge >= 0.3 is 0 Å². The van der Waals surface area contributed by atoms with E-state index in [1.807, 2.05) is 0 Å². The van der Waals surface area contributed by atoms with Crippen LogP contribution in [-0.2, 0) is 43.6 Å². The van der Waals surface area contributed by atoms with Crippen molar-refractivity contribution in [1.82, 2.24) is 9.97 Å². The number of rotatable bonds is 2. The van der Waals surface area contributed by atoms with Gasteiger partial charge in [-0.05, 0) is 36.2 Å². The van der Waals surface area contributed by atoms with Crippen molar-refractivity contribution >= 4 is 24.1 Å². The van der Waals surface area contributed by atoms with Crippen LogP contribution in [0, 0.1) is 0 Å². The van der Waals surface area contributed by atoms with Crippen LogP contribution in [0.3, 0.4) is 0 Å². The summed E-state index contributed by atoms with van der Waals surface area (Å²) >= 11 is -0.0234. The summed E-state index contributed by atoms with van der Waals surface area (Å²) in [5.41, 5.74) is 0. The van der Waals surface area contributed by atoms with Gasteiger partial charge in [0.05, 0.1) is 0 Å². The molecule has 0 aliphatic rings. The fourth-order valence-corrected chi connectivity index (χ4v) is 1.34. The quantitative estimate of drug-likeness (QED) is 0.465. The van der Waals surface area contributed by atoms with Crippen molar-refractivity contribution in [2.24, 2.45) is 0 Å². The van der Waals surface area contributed by atoms with Crippen LogP contribution in [0.1, 0.15) is 0 Å². The van der Waals surface area contributed by atoms with Crippen LogP contribution in [0.15, 0.2) is 58.8 Å². The van der Waals surface area contributed by atoms with E-state index in [-0.39, 0.29) is 43.6 Å². The Bertz CT molecular complexity index is 353. The fourth-order valence-electron chi connectivity index (χ4n) is 0.815. The molecule has 0 spiro atoms. The van der Waals surface area contributed by atoms with Crippen LogP contribution < -0.4 is 0 Å². The molecule has 0 saturated heterocycles. The second-order valence-corrected chi connectivity index (χ2v) is 3.84. The van der Waals surface area contributed by atoms with Gasteiger partial charge in [-0.3, -0.25) is 0 Å². The van der Waals surface area contributed by atoms with E-state index in [0.29, 0.717) is 10.1 Å². The number of nitrogens with zero attached hydrogens (tertiary/aromatic N) is 2. The molecule has 0 saturated carbocycles. The summed E-state index contributed by atoms with van der Waals surface area (Å²) in [5, 5.41) is 1.15. The standard InChI is InChI=1S/2C5H5NOS.Zn/c2*7-8-5-3-1-2-4-6-5;/h2*1-4,8H;. The van der Waals surface area contributed by atoms with E-state index in [1.54, 1.807) is 48.8 Å². The Hall–Kier alpha value is -0.457. The second kappa shape index (κ2) is 10.7. The summed E-state index contributed by atoms with van der Waals surface area (Å²) in [6.07, 6.45) is 3.22. The van der Waals surface area contributed by atoms with E-state index >= 15 is 0 Å². The average Bonchev–Trinajstić information content (AvgIpc) is 2.41. The van der Waals surface area contributed by atoms with Crippen molar-refractivity contribution in [3.63, 3.8) is 0 Å². The molecule has 86 valence electrons. The molecule has 2 rings (SSSR count). The summed E-state index contributed by atoms with van der Waals surface area (Å²) < 4.78 is 20.1. The predicted octanol–water partition coefficient (Wildman–Crippen LogP) is 0.769. The van der Waals surface area contributed by atoms with Crippen molar-refractivity contribution in [2.45, 2.75) is 10.1 Å². The molecule has 0 unspecified atom stereocenters. The molecule has 0 fully saturated rings. The van der Waals surface area contributed by atoms with Crippen LogP contribution in [0.2, 0.25) is 0 Å². The molecule has 0 atom stereocenters. The normalized spacial score (nSPS) is 8.59. The fraction of sp³-hybridized carbons (Fsp3) is 0. The summed E-state index contributed by atoms with van der Waals surface area (Å²) in [6.45, 7) is 0. The molecule has 0 aliphatic heterocycles. The molecule has 0 aromatic carbocycles. The van der Waals surface area contributed by atoms with E-state index in [1.165, 1.54) is 0 Å². The zero-order valence-corrected chi connectivity index (χ0v) is 13.7. The van der Waals surface area contributed by atoms with Gasteiger partial charge in [0.1, 0.15) is 0 Å². The first-order valence-corrected chi connectivity index (χ1v) is 5.98. The monoisotopic (exact) mass is 318 g/mol. The third-order valence-corrected chi connectivity index (χ3v) is 2.39. The smallest absolute Gasteiger partial charge is 0.242 e. The van der Waals surface area contributed by atoms with Crippen LogP contribution >= 0.6 is 0 Å². The number of pyridine rings is 2. The summed E-state index contributed by atoms with van der Waals surface area (Å²) in [6, 6.07) is 10.6. The van der Waals surface area contributed by atoms with Crippen molar-refractivity contribution < 1.29 is 28.6 Å².